The zero-order valence-corrected chi connectivity index (χ0v) is 11.9. The minimum Gasteiger partial charge on any atom is -0.330 e. The van der Waals surface area contributed by atoms with Crippen molar-refractivity contribution in [1.29, 1.82) is 0 Å². The first kappa shape index (κ1) is 13.1. The number of aromatic nitrogens is 2. The highest BCUT2D eigenvalue weighted by molar-refractivity contribution is 7.71. The molecular weight excluding hydrogens is 295 g/mol. The number of hydrogen-bond acceptors (Lipinski definition) is 1. The lowest BCUT2D eigenvalue weighted by Crippen LogP contribution is -1.91. The summed E-state index contributed by atoms with van der Waals surface area (Å²) in [5.41, 5.74) is 2.69. The molecule has 2 aromatic carbocycles. The summed E-state index contributed by atoms with van der Waals surface area (Å²) in [6.45, 7) is 0. The molecule has 20 heavy (non-hydrogen) atoms. The van der Waals surface area contributed by atoms with Crippen LogP contribution in [-0.4, -0.2) is 9.55 Å². The van der Waals surface area contributed by atoms with Crippen LogP contribution in [-0.2, 0) is 0 Å². The molecule has 1 aromatic heterocycles. The monoisotopic (exact) mass is 304 g/mol. The first-order valence-corrected chi connectivity index (χ1v) is 6.76. The molecule has 0 aliphatic heterocycles. The molecule has 5 heteroatoms. The molecule has 0 aliphatic carbocycles. The van der Waals surface area contributed by atoms with Crippen LogP contribution in [0.5, 0.6) is 0 Å². The second-order valence-corrected chi connectivity index (χ2v) is 5.15. The van der Waals surface area contributed by atoms with Crippen molar-refractivity contribution in [2.24, 2.45) is 0 Å². The van der Waals surface area contributed by atoms with Gasteiger partial charge in [-0.3, -0.25) is 4.57 Å². The van der Waals surface area contributed by atoms with E-state index in [1.165, 1.54) is 12.1 Å². The fourth-order valence-electron chi connectivity index (χ4n) is 1.97. The summed E-state index contributed by atoms with van der Waals surface area (Å²) in [6.07, 6.45) is 1.89. The molecule has 0 fully saturated rings. The van der Waals surface area contributed by atoms with Crippen LogP contribution in [0, 0.1) is 10.6 Å². The standard InChI is InChI=1S/C15H10ClFN2S/c16-11-3-1-10(2-4-11)14-9-19(15(20)18-14)13-7-5-12(17)6-8-13/h1-9H,(H,18,20). The molecular formula is C15H10ClFN2S. The van der Waals surface area contributed by atoms with Crippen molar-refractivity contribution in [3.63, 3.8) is 0 Å². The van der Waals surface area contributed by atoms with E-state index in [2.05, 4.69) is 4.98 Å². The zero-order valence-electron chi connectivity index (χ0n) is 10.3. The summed E-state index contributed by atoms with van der Waals surface area (Å²) in [7, 11) is 0. The third-order valence-corrected chi connectivity index (χ3v) is 3.53. The van der Waals surface area contributed by atoms with Crippen LogP contribution >= 0.6 is 23.8 Å². The minimum absolute atomic E-state index is 0.270. The minimum atomic E-state index is -0.270. The molecule has 2 nitrogen and oxygen atoms in total. The van der Waals surface area contributed by atoms with Crippen LogP contribution in [0.4, 0.5) is 4.39 Å². The molecule has 0 saturated heterocycles. The van der Waals surface area contributed by atoms with E-state index in [1.807, 2.05) is 30.5 Å². The van der Waals surface area contributed by atoms with Gasteiger partial charge < -0.3 is 4.98 Å². The largest absolute Gasteiger partial charge is 0.330 e. The van der Waals surface area contributed by atoms with Gasteiger partial charge in [-0.25, -0.2) is 4.39 Å². The number of nitrogens with one attached hydrogen (secondary N) is 1. The summed E-state index contributed by atoms with van der Waals surface area (Å²) in [6, 6.07) is 13.7. The fraction of sp³-hybridized carbons (Fsp3) is 0. The Balaban J connectivity index is 2.05. The fourth-order valence-corrected chi connectivity index (χ4v) is 2.36. The molecule has 0 amide bonds. The Kier molecular flexibility index (Phi) is 3.42. The van der Waals surface area contributed by atoms with E-state index in [0.29, 0.717) is 9.79 Å². The molecule has 0 spiro atoms. The van der Waals surface area contributed by atoms with Crippen molar-refractivity contribution in [2.45, 2.75) is 0 Å². The molecule has 0 aliphatic rings. The van der Waals surface area contributed by atoms with Gasteiger partial charge >= 0.3 is 0 Å². The highest BCUT2D eigenvalue weighted by atomic mass is 35.5. The number of imidazole rings is 1. The number of nitrogens with zero attached hydrogens (tertiary/aromatic N) is 1. The van der Waals surface area contributed by atoms with Gasteiger partial charge in [0.25, 0.3) is 0 Å². The Morgan fingerprint density at radius 2 is 1.65 bits per heavy atom. The van der Waals surface area contributed by atoms with E-state index in [1.54, 1.807) is 16.7 Å². The van der Waals surface area contributed by atoms with Gasteiger partial charge in [0.2, 0.25) is 0 Å². The van der Waals surface area contributed by atoms with Crippen molar-refractivity contribution in [2.75, 3.05) is 0 Å². The molecule has 100 valence electrons. The van der Waals surface area contributed by atoms with Crippen molar-refractivity contribution in [3.05, 3.63) is 70.3 Å². The van der Waals surface area contributed by atoms with E-state index >= 15 is 0 Å². The van der Waals surface area contributed by atoms with Crippen molar-refractivity contribution in [1.82, 2.24) is 9.55 Å². The Morgan fingerprint density at radius 3 is 2.30 bits per heavy atom. The summed E-state index contributed by atoms with van der Waals surface area (Å²) in [5.74, 6) is -0.270. The van der Waals surface area contributed by atoms with E-state index in [4.69, 9.17) is 23.8 Å². The Hall–Kier alpha value is -1.91. The van der Waals surface area contributed by atoms with Crippen LogP contribution in [0.1, 0.15) is 0 Å². The third-order valence-electron chi connectivity index (χ3n) is 2.98. The Bertz CT molecular complexity index is 788. The Morgan fingerprint density at radius 1 is 1.00 bits per heavy atom. The van der Waals surface area contributed by atoms with E-state index in [0.717, 1.165) is 16.9 Å². The molecule has 0 unspecified atom stereocenters. The normalized spacial score (nSPS) is 10.7. The topological polar surface area (TPSA) is 20.7 Å². The summed E-state index contributed by atoms with van der Waals surface area (Å²) in [5, 5.41) is 0.685. The smallest absolute Gasteiger partial charge is 0.182 e. The molecule has 1 heterocycles. The van der Waals surface area contributed by atoms with Crippen molar-refractivity contribution >= 4 is 23.8 Å². The molecule has 1 N–H and O–H groups in total. The first-order chi connectivity index (χ1) is 9.63. The second kappa shape index (κ2) is 5.23. The second-order valence-electron chi connectivity index (χ2n) is 4.33. The zero-order chi connectivity index (χ0) is 14.1. The lowest BCUT2D eigenvalue weighted by atomic mass is 10.2. The summed E-state index contributed by atoms with van der Waals surface area (Å²) < 4.78 is 15.3. The van der Waals surface area contributed by atoms with Gasteiger partial charge in [0, 0.05) is 16.9 Å². The molecule has 0 atom stereocenters. The number of H-pyrrole nitrogens is 1. The maximum Gasteiger partial charge on any atom is 0.182 e. The van der Waals surface area contributed by atoms with Crippen LogP contribution in [0.2, 0.25) is 5.02 Å². The third kappa shape index (κ3) is 2.53. The van der Waals surface area contributed by atoms with Crippen molar-refractivity contribution in [3.8, 4) is 16.9 Å². The number of hydrogen-bond donors (Lipinski definition) is 1. The predicted octanol–water partition coefficient (Wildman–Crippen LogP) is 4.99. The SMILES string of the molecule is Fc1ccc(-n2cc(-c3ccc(Cl)cc3)[nH]c2=S)cc1. The maximum atomic E-state index is 13.0. The lowest BCUT2D eigenvalue weighted by Gasteiger charge is -2.01. The molecule has 3 rings (SSSR count). The lowest BCUT2D eigenvalue weighted by molar-refractivity contribution is 0.627. The van der Waals surface area contributed by atoms with Crippen molar-refractivity contribution < 1.29 is 4.39 Å². The molecule has 0 saturated carbocycles. The predicted molar refractivity (Wildman–Crippen MR) is 81.4 cm³/mol. The van der Waals surface area contributed by atoms with Gasteiger partial charge in [-0.15, -0.1) is 0 Å². The van der Waals surface area contributed by atoms with Gasteiger partial charge in [-0.1, -0.05) is 23.7 Å². The van der Waals surface area contributed by atoms with E-state index in [-0.39, 0.29) is 5.82 Å². The molecule has 0 bridgehead atoms. The van der Waals surface area contributed by atoms with Gasteiger partial charge in [0.1, 0.15) is 5.82 Å². The first-order valence-electron chi connectivity index (χ1n) is 5.97. The highest BCUT2D eigenvalue weighted by Crippen LogP contribution is 2.22. The number of rotatable bonds is 2. The summed E-state index contributed by atoms with van der Waals surface area (Å²) in [4.78, 5) is 3.13. The number of halogens is 2. The van der Waals surface area contributed by atoms with Crippen LogP contribution in [0.15, 0.2) is 54.7 Å². The van der Waals surface area contributed by atoms with Gasteiger partial charge in [0.15, 0.2) is 4.77 Å². The highest BCUT2D eigenvalue weighted by Gasteiger charge is 2.05. The average molecular weight is 305 g/mol. The van der Waals surface area contributed by atoms with Gasteiger partial charge in [0.05, 0.1) is 5.69 Å². The van der Waals surface area contributed by atoms with Crippen LogP contribution < -0.4 is 0 Å². The quantitative estimate of drug-likeness (QED) is 0.661. The van der Waals surface area contributed by atoms with Gasteiger partial charge in [-0.2, -0.15) is 0 Å². The molecule has 0 radical (unpaired) electrons. The van der Waals surface area contributed by atoms with Crippen LogP contribution in [0.3, 0.4) is 0 Å². The number of aromatic amines is 1. The Labute approximate surface area is 125 Å². The van der Waals surface area contributed by atoms with E-state index < -0.39 is 0 Å². The van der Waals surface area contributed by atoms with Crippen LogP contribution in [0.25, 0.3) is 16.9 Å². The van der Waals surface area contributed by atoms with E-state index in [9.17, 15) is 4.39 Å². The van der Waals surface area contributed by atoms with Gasteiger partial charge in [-0.05, 0) is 54.2 Å². The average Bonchev–Trinajstić information content (AvgIpc) is 2.82. The molecule has 3 aromatic rings. The number of benzene rings is 2. The summed E-state index contributed by atoms with van der Waals surface area (Å²) >= 11 is 11.2. The maximum absolute atomic E-state index is 13.0.